The minimum absolute atomic E-state index is 0.758. The molecular formula is C14H19N3O. The summed E-state index contributed by atoms with van der Waals surface area (Å²) < 4.78 is 5.60. The van der Waals surface area contributed by atoms with Crippen molar-refractivity contribution in [3.8, 4) is 0 Å². The molecule has 96 valence electrons. The summed E-state index contributed by atoms with van der Waals surface area (Å²) >= 11 is 0. The Kier molecular flexibility index (Phi) is 3.99. The van der Waals surface area contributed by atoms with Gasteiger partial charge in [0, 0.05) is 37.2 Å². The van der Waals surface area contributed by atoms with Crippen LogP contribution in [0.1, 0.15) is 17.1 Å². The van der Waals surface area contributed by atoms with Crippen molar-refractivity contribution in [1.29, 1.82) is 0 Å². The van der Waals surface area contributed by atoms with E-state index in [1.165, 1.54) is 11.3 Å². The Labute approximate surface area is 108 Å². The Morgan fingerprint density at radius 2 is 2.17 bits per heavy atom. The zero-order chi connectivity index (χ0) is 13.0. The van der Waals surface area contributed by atoms with Crippen LogP contribution in [0.2, 0.25) is 0 Å². The molecule has 4 nitrogen and oxygen atoms in total. The van der Waals surface area contributed by atoms with Gasteiger partial charge < -0.3 is 14.6 Å². The van der Waals surface area contributed by atoms with E-state index < -0.39 is 0 Å². The number of hydrogen-bond acceptors (Lipinski definition) is 4. The van der Waals surface area contributed by atoms with E-state index >= 15 is 0 Å². The fourth-order valence-electron chi connectivity index (χ4n) is 2.01. The highest BCUT2D eigenvalue weighted by molar-refractivity contribution is 5.51. The van der Waals surface area contributed by atoms with Crippen LogP contribution < -0.4 is 10.2 Å². The highest BCUT2D eigenvalue weighted by Gasteiger charge is 2.09. The number of hydrogen-bond donors (Lipinski definition) is 1. The lowest BCUT2D eigenvalue weighted by molar-refractivity contribution is 0.481. The molecule has 0 radical (unpaired) electrons. The molecule has 0 aromatic carbocycles. The van der Waals surface area contributed by atoms with E-state index in [1.54, 1.807) is 0 Å². The second kappa shape index (κ2) is 5.69. The van der Waals surface area contributed by atoms with Crippen molar-refractivity contribution >= 4 is 5.69 Å². The molecule has 0 aliphatic carbocycles. The third-order valence-corrected chi connectivity index (χ3v) is 2.85. The summed E-state index contributed by atoms with van der Waals surface area (Å²) in [5.41, 5.74) is 2.36. The molecule has 0 amide bonds. The SMILES string of the molecule is CNCc1cnccc1N(C)Cc1ccc(C)o1. The van der Waals surface area contributed by atoms with Gasteiger partial charge in [-0.25, -0.2) is 0 Å². The lowest BCUT2D eigenvalue weighted by Crippen LogP contribution is -2.19. The minimum atomic E-state index is 0.758. The first-order chi connectivity index (χ1) is 8.70. The molecule has 18 heavy (non-hydrogen) atoms. The first-order valence-electron chi connectivity index (χ1n) is 6.04. The van der Waals surface area contributed by atoms with Crippen LogP contribution in [-0.2, 0) is 13.1 Å². The second-order valence-electron chi connectivity index (χ2n) is 4.40. The standard InChI is InChI=1S/C14H19N3O/c1-11-4-5-13(18-11)10-17(3)14-6-7-16-9-12(14)8-15-2/h4-7,9,15H,8,10H2,1-3H3. The highest BCUT2D eigenvalue weighted by Crippen LogP contribution is 2.20. The van der Waals surface area contributed by atoms with Gasteiger partial charge in [-0.3, -0.25) is 4.98 Å². The van der Waals surface area contributed by atoms with Gasteiger partial charge >= 0.3 is 0 Å². The number of aromatic nitrogens is 1. The van der Waals surface area contributed by atoms with Crippen LogP contribution in [0.5, 0.6) is 0 Å². The van der Waals surface area contributed by atoms with Gasteiger partial charge in [0.2, 0.25) is 0 Å². The molecule has 0 spiro atoms. The minimum Gasteiger partial charge on any atom is -0.464 e. The van der Waals surface area contributed by atoms with Crippen LogP contribution in [0.3, 0.4) is 0 Å². The Morgan fingerprint density at radius 1 is 1.33 bits per heavy atom. The van der Waals surface area contributed by atoms with Crippen molar-refractivity contribution in [3.05, 3.63) is 47.7 Å². The van der Waals surface area contributed by atoms with Gasteiger partial charge in [0.25, 0.3) is 0 Å². The molecule has 2 rings (SSSR count). The smallest absolute Gasteiger partial charge is 0.123 e. The topological polar surface area (TPSA) is 41.3 Å². The maximum absolute atomic E-state index is 5.60. The fourth-order valence-corrected chi connectivity index (χ4v) is 2.01. The lowest BCUT2D eigenvalue weighted by Gasteiger charge is -2.21. The van der Waals surface area contributed by atoms with E-state index in [-0.39, 0.29) is 0 Å². The van der Waals surface area contributed by atoms with E-state index in [4.69, 9.17) is 4.42 Å². The van der Waals surface area contributed by atoms with Crippen LogP contribution in [-0.4, -0.2) is 19.1 Å². The molecule has 1 N–H and O–H groups in total. The van der Waals surface area contributed by atoms with Gasteiger partial charge in [0.05, 0.1) is 6.54 Å². The summed E-state index contributed by atoms with van der Waals surface area (Å²) in [7, 11) is 4.00. The van der Waals surface area contributed by atoms with Gasteiger partial charge in [-0.05, 0) is 32.2 Å². The Bertz CT molecular complexity index is 507. The van der Waals surface area contributed by atoms with Crippen molar-refractivity contribution in [2.75, 3.05) is 19.0 Å². The summed E-state index contributed by atoms with van der Waals surface area (Å²) in [6, 6.07) is 6.04. The average Bonchev–Trinajstić information content (AvgIpc) is 2.76. The molecule has 2 heterocycles. The van der Waals surface area contributed by atoms with Crippen molar-refractivity contribution in [3.63, 3.8) is 0 Å². The van der Waals surface area contributed by atoms with Gasteiger partial charge in [-0.2, -0.15) is 0 Å². The van der Waals surface area contributed by atoms with E-state index in [9.17, 15) is 0 Å². The lowest BCUT2D eigenvalue weighted by atomic mass is 10.2. The monoisotopic (exact) mass is 245 g/mol. The summed E-state index contributed by atoms with van der Waals surface area (Å²) in [4.78, 5) is 6.34. The zero-order valence-electron chi connectivity index (χ0n) is 11.1. The number of nitrogens with zero attached hydrogens (tertiary/aromatic N) is 2. The molecule has 2 aromatic rings. The number of pyridine rings is 1. The molecular weight excluding hydrogens is 226 g/mol. The molecule has 0 atom stereocenters. The number of furan rings is 1. The molecule has 0 saturated carbocycles. The third-order valence-electron chi connectivity index (χ3n) is 2.85. The molecule has 4 heteroatoms. The molecule has 0 fully saturated rings. The number of aryl methyl sites for hydroxylation is 1. The molecule has 2 aromatic heterocycles. The van der Waals surface area contributed by atoms with Gasteiger partial charge in [0.15, 0.2) is 0 Å². The predicted octanol–water partition coefficient (Wildman–Crippen LogP) is 2.34. The average molecular weight is 245 g/mol. The molecule has 0 unspecified atom stereocenters. The first-order valence-corrected chi connectivity index (χ1v) is 6.04. The summed E-state index contributed by atoms with van der Waals surface area (Å²) in [6.07, 6.45) is 3.72. The normalized spacial score (nSPS) is 10.6. The van der Waals surface area contributed by atoms with Crippen LogP contribution >= 0.6 is 0 Å². The summed E-state index contributed by atoms with van der Waals surface area (Å²) in [5.74, 6) is 1.92. The summed E-state index contributed by atoms with van der Waals surface area (Å²) in [6.45, 7) is 3.53. The van der Waals surface area contributed by atoms with Crippen LogP contribution in [0.15, 0.2) is 35.0 Å². The summed E-state index contributed by atoms with van der Waals surface area (Å²) in [5, 5.41) is 3.16. The molecule has 0 aliphatic rings. The van der Waals surface area contributed by atoms with Crippen LogP contribution in [0, 0.1) is 6.92 Å². The van der Waals surface area contributed by atoms with Crippen molar-refractivity contribution in [2.45, 2.75) is 20.0 Å². The second-order valence-corrected chi connectivity index (χ2v) is 4.40. The van der Waals surface area contributed by atoms with E-state index in [0.717, 1.165) is 24.6 Å². The Morgan fingerprint density at radius 3 is 2.83 bits per heavy atom. The Balaban J connectivity index is 2.15. The molecule has 0 bridgehead atoms. The van der Waals surface area contributed by atoms with Gasteiger partial charge in [-0.1, -0.05) is 0 Å². The maximum atomic E-state index is 5.60. The van der Waals surface area contributed by atoms with Crippen molar-refractivity contribution in [1.82, 2.24) is 10.3 Å². The highest BCUT2D eigenvalue weighted by atomic mass is 16.3. The number of anilines is 1. The quantitative estimate of drug-likeness (QED) is 0.878. The van der Waals surface area contributed by atoms with Crippen molar-refractivity contribution < 1.29 is 4.42 Å². The van der Waals surface area contributed by atoms with Crippen LogP contribution in [0.4, 0.5) is 5.69 Å². The third kappa shape index (κ3) is 2.90. The largest absolute Gasteiger partial charge is 0.464 e. The maximum Gasteiger partial charge on any atom is 0.123 e. The van der Waals surface area contributed by atoms with E-state index in [0.29, 0.717) is 0 Å². The number of rotatable bonds is 5. The molecule has 0 saturated heterocycles. The molecule has 0 aliphatic heterocycles. The fraction of sp³-hybridized carbons (Fsp3) is 0.357. The van der Waals surface area contributed by atoms with E-state index in [2.05, 4.69) is 22.2 Å². The van der Waals surface area contributed by atoms with Crippen molar-refractivity contribution in [2.24, 2.45) is 0 Å². The Hall–Kier alpha value is -1.81. The first kappa shape index (κ1) is 12.6. The van der Waals surface area contributed by atoms with Crippen LogP contribution in [0.25, 0.3) is 0 Å². The van der Waals surface area contributed by atoms with E-state index in [1.807, 2.05) is 44.6 Å². The zero-order valence-corrected chi connectivity index (χ0v) is 11.1. The van der Waals surface area contributed by atoms with Gasteiger partial charge in [-0.15, -0.1) is 0 Å². The predicted molar refractivity (Wildman–Crippen MR) is 72.6 cm³/mol. The van der Waals surface area contributed by atoms with Gasteiger partial charge in [0.1, 0.15) is 11.5 Å². The number of nitrogens with one attached hydrogen (secondary N) is 1.